The number of nitrogens with zero attached hydrogens (tertiary/aromatic N) is 2. The van der Waals surface area contributed by atoms with Crippen molar-refractivity contribution >= 4 is 46.4 Å². The van der Waals surface area contributed by atoms with E-state index in [1.807, 2.05) is 12.3 Å². The zero-order valence-corrected chi connectivity index (χ0v) is 16.2. The second-order valence-corrected chi connectivity index (χ2v) is 6.95. The molecule has 1 saturated heterocycles. The third-order valence-electron chi connectivity index (χ3n) is 4.38. The number of aryl methyl sites for hydroxylation is 1. The molecule has 0 saturated carbocycles. The zero-order valence-electron chi connectivity index (χ0n) is 13.8. The van der Waals surface area contributed by atoms with Crippen LogP contribution in [0.1, 0.15) is 43.7 Å². The molecule has 9 heteroatoms. The molecule has 4 heterocycles. The van der Waals surface area contributed by atoms with Crippen molar-refractivity contribution in [3.05, 3.63) is 34.1 Å². The largest absolute Gasteiger partial charge is 0.308 e. The minimum Gasteiger partial charge on any atom is -0.308 e. The van der Waals surface area contributed by atoms with E-state index in [0.29, 0.717) is 4.70 Å². The van der Waals surface area contributed by atoms with Crippen molar-refractivity contribution in [2.75, 3.05) is 6.54 Å². The summed E-state index contributed by atoms with van der Waals surface area (Å²) in [5.41, 5.74) is 2.88. The summed E-state index contributed by atoms with van der Waals surface area (Å²) in [6.07, 6.45) is 6.08. The van der Waals surface area contributed by atoms with Crippen molar-refractivity contribution in [3.8, 4) is 10.4 Å². The molecule has 0 amide bonds. The molecule has 1 aliphatic heterocycles. The van der Waals surface area contributed by atoms with Crippen LogP contribution in [-0.2, 0) is 6.42 Å². The normalized spacial score (nSPS) is 17.1. The van der Waals surface area contributed by atoms with Crippen LogP contribution in [0.5, 0.6) is 0 Å². The number of hydrogen-bond donors (Lipinski definition) is 3. The summed E-state index contributed by atoms with van der Waals surface area (Å²) in [4.78, 5) is 21.2. The highest BCUT2D eigenvalue weighted by molar-refractivity contribution is 7.22. The van der Waals surface area contributed by atoms with E-state index >= 15 is 0 Å². The fourth-order valence-corrected chi connectivity index (χ4v) is 4.16. The Balaban J connectivity index is 0.00000113. The Kier molecular flexibility index (Phi) is 6.62. The molecular formula is C16H21Cl2N5OS. The number of fused-ring (bicyclic) bond motifs is 1. The van der Waals surface area contributed by atoms with Gasteiger partial charge in [-0.25, -0.2) is 4.98 Å². The van der Waals surface area contributed by atoms with Gasteiger partial charge in [-0.3, -0.25) is 9.89 Å². The van der Waals surface area contributed by atoms with Gasteiger partial charge in [0.25, 0.3) is 5.56 Å². The lowest BCUT2D eigenvalue weighted by Gasteiger charge is -2.22. The average Bonchev–Trinajstić information content (AvgIpc) is 3.21. The molecule has 1 fully saturated rings. The number of nitrogens with one attached hydrogen (secondary N) is 3. The van der Waals surface area contributed by atoms with Crippen LogP contribution in [0.15, 0.2) is 17.1 Å². The number of piperidine rings is 1. The van der Waals surface area contributed by atoms with Gasteiger partial charge < -0.3 is 10.3 Å². The van der Waals surface area contributed by atoms with E-state index in [2.05, 4.69) is 27.4 Å². The molecule has 4 rings (SSSR count). The summed E-state index contributed by atoms with van der Waals surface area (Å²) in [5.74, 6) is 0.759. The molecule has 1 aliphatic rings. The molecule has 3 aromatic heterocycles. The third kappa shape index (κ3) is 3.74. The fourth-order valence-electron chi connectivity index (χ4n) is 3.14. The van der Waals surface area contributed by atoms with E-state index in [0.717, 1.165) is 46.9 Å². The van der Waals surface area contributed by atoms with E-state index in [1.54, 1.807) is 0 Å². The van der Waals surface area contributed by atoms with Crippen LogP contribution < -0.4 is 10.9 Å². The van der Waals surface area contributed by atoms with Gasteiger partial charge in [0.2, 0.25) is 0 Å². The first-order valence-electron chi connectivity index (χ1n) is 8.06. The lowest BCUT2D eigenvalue weighted by molar-refractivity contribution is 0.397. The molecule has 3 N–H and O–H groups in total. The Bertz CT molecular complexity index is 897. The third-order valence-corrected chi connectivity index (χ3v) is 5.54. The average molecular weight is 402 g/mol. The summed E-state index contributed by atoms with van der Waals surface area (Å²) >= 11 is 1.48. The van der Waals surface area contributed by atoms with Gasteiger partial charge >= 0.3 is 0 Å². The van der Waals surface area contributed by atoms with Gasteiger partial charge in [-0.1, -0.05) is 13.3 Å². The second kappa shape index (κ2) is 8.31. The second-order valence-electron chi connectivity index (χ2n) is 5.89. The minimum atomic E-state index is -0.0461. The smallest absolute Gasteiger partial charge is 0.268 e. The van der Waals surface area contributed by atoms with Crippen LogP contribution in [0.25, 0.3) is 20.7 Å². The molecule has 3 aromatic rings. The summed E-state index contributed by atoms with van der Waals surface area (Å²) in [7, 11) is 0. The number of H-pyrrole nitrogens is 2. The summed E-state index contributed by atoms with van der Waals surface area (Å²) in [6.45, 7) is 3.07. The SMILES string of the molecule is CCc1[nH]ncc1-c1cc2nc([C@@H]3CCCCN3)[nH]c(=O)c2s1.Cl.Cl. The van der Waals surface area contributed by atoms with Gasteiger partial charge in [0, 0.05) is 16.1 Å². The Morgan fingerprint density at radius 1 is 1.32 bits per heavy atom. The van der Waals surface area contributed by atoms with E-state index in [1.165, 1.54) is 24.2 Å². The number of aromatic nitrogens is 4. The predicted molar refractivity (Wildman–Crippen MR) is 106 cm³/mol. The molecule has 0 radical (unpaired) electrons. The highest BCUT2D eigenvalue weighted by Crippen LogP contribution is 2.33. The maximum atomic E-state index is 12.4. The van der Waals surface area contributed by atoms with E-state index < -0.39 is 0 Å². The van der Waals surface area contributed by atoms with Crippen molar-refractivity contribution in [2.24, 2.45) is 0 Å². The zero-order chi connectivity index (χ0) is 15.8. The first-order valence-corrected chi connectivity index (χ1v) is 8.87. The monoisotopic (exact) mass is 401 g/mol. The van der Waals surface area contributed by atoms with E-state index in [-0.39, 0.29) is 36.4 Å². The van der Waals surface area contributed by atoms with Crippen LogP contribution in [0.2, 0.25) is 0 Å². The van der Waals surface area contributed by atoms with Crippen molar-refractivity contribution < 1.29 is 0 Å². The molecule has 0 aliphatic carbocycles. The van der Waals surface area contributed by atoms with Crippen LogP contribution in [0.3, 0.4) is 0 Å². The number of halogens is 2. The molecule has 1 atom stereocenters. The van der Waals surface area contributed by atoms with Crippen molar-refractivity contribution in [3.63, 3.8) is 0 Å². The maximum Gasteiger partial charge on any atom is 0.268 e. The lowest BCUT2D eigenvalue weighted by Crippen LogP contribution is -2.29. The van der Waals surface area contributed by atoms with Crippen LogP contribution in [0.4, 0.5) is 0 Å². The quantitative estimate of drug-likeness (QED) is 0.625. The highest BCUT2D eigenvalue weighted by atomic mass is 35.5. The topological polar surface area (TPSA) is 86.5 Å². The standard InChI is InChI=1S/C16H19N5OS.2ClH/c1-2-10-9(8-18-21-10)13-7-12-14(23-13)16(22)20-15(19-12)11-5-3-4-6-17-11;;/h7-8,11,17H,2-6H2,1H3,(H,18,21)(H,19,20,22);2*1H/t11-;;/m0../s1. The van der Waals surface area contributed by atoms with Crippen molar-refractivity contribution in [1.82, 2.24) is 25.5 Å². The number of hydrogen-bond acceptors (Lipinski definition) is 5. The van der Waals surface area contributed by atoms with Gasteiger partial charge in [-0.2, -0.15) is 5.10 Å². The molecule has 0 unspecified atom stereocenters. The number of rotatable bonds is 3. The van der Waals surface area contributed by atoms with Crippen LogP contribution >= 0.6 is 36.2 Å². The molecule has 25 heavy (non-hydrogen) atoms. The predicted octanol–water partition coefficient (Wildman–Crippen LogP) is 3.60. The molecule has 0 spiro atoms. The van der Waals surface area contributed by atoms with Gasteiger partial charge in [0.05, 0.1) is 17.8 Å². The first kappa shape index (κ1) is 19.9. The molecule has 136 valence electrons. The Morgan fingerprint density at radius 3 is 2.88 bits per heavy atom. The lowest BCUT2D eigenvalue weighted by atomic mass is 10.0. The number of thiophene rings is 1. The number of aromatic amines is 2. The summed E-state index contributed by atoms with van der Waals surface area (Å²) < 4.78 is 0.683. The summed E-state index contributed by atoms with van der Waals surface area (Å²) in [6, 6.07) is 2.16. The fraction of sp³-hybridized carbons (Fsp3) is 0.438. The van der Waals surface area contributed by atoms with Crippen molar-refractivity contribution in [2.45, 2.75) is 38.6 Å². The highest BCUT2D eigenvalue weighted by Gasteiger charge is 2.19. The minimum absolute atomic E-state index is 0. The van der Waals surface area contributed by atoms with Gasteiger partial charge in [0.15, 0.2) is 0 Å². The maximum absolute atomic E-state index is 12.4. The molecule has 0 bridgehead atoms. The molecule has 6 nitrogen and oxygen atoms in total. The molecule has 0 aromatic carbocycles. The first-order chi connectivity index (χ1) is 11.3. The van der Waals surface area contributed by atoms with Gasteiger partial charge in [-0.15, -0.1) is 36.2 Å². The Morgan fingerprint density at radius 2 is 2.16 bits per heavy atom. The van der Waals surface area contributed by atoms with Gasteiger partial charge in [0.1, 0.15) is 10.5 Å². The Labute approximate surface area is 161 Å². The summed E-state index contributed by atoms with van der Waals surface area (Å²) in [5, 5.41) is 10.6. The van der Waals surface area contributed by atoms with E-state index in [4.69, 9.17) is 4.98 Å². The van der Waals surface area contributed by atoms with E-state index in [9.17, 15) is 4.79 Å². The molecular weight excluding hydrogens is 381 g/mol. The van der Waals surface area contributed by atoms with Crippen LogP contribution in [0, 0.1) is 0 Å². The Hall–Kier alpha value is -1.41. The van der Waals surface area contributed by atoms with Crippen LogP contribution in [-0.4, -0.2) is 26.7 Å². The van der Waals surface area contributed by atoms with Gasteiger partial charge in [-0.05, 0) is 31.9 Å². The van der Waals surface area contributed by atoms with Crippen molar-refractivity contribution in [1.29, 1.82) is 0 Å².